The lowest BCUT2D eigenvalue weighted by molar-refractivity contribution is -0.124. The van der Waals surface area contributed by atoms with Gasteiger partial charge >= 0.3 is 0 Å². The maximum Gasteiger partial charge on any atom is 0.258 e. The van der Waals surface area contributed by atoms with Crippen LogP contribution in [0.5, 0.6) is 5.75 Å². The van der Waals surface area contributed by atoms with Crippen LogP contribution in [-0.2, 0) is 4.79 Å². The van der Waals surface area contributed by atoms with E-state index in [9.17, 15) is 4.79 Å². The largest absolute Gasteiger partial charge is 0.484 e. The Morgan fingerprint density at radius 1 is 1.26 bits per heavy atom. The molecule has 3 nitrogen and oxygen atoms in total. The summed E-state index contributed by atoms with van der Waals surface area (Å²) in [4.78, 5) is 12.0. The quantitative estimate of drug-likeness (QED) is 0.853. The molecule has 0 radical (unpaired) electrons. The molecule has 102 valence electrons. The molecule has 0 heterocycles. The van der Waals surface area contributed by atoms with Gasteiger partial charge in [0.2, 0.25) is 0 Å². The zero-order valence-electron chi connectivity index (χ0n) is 11.4. The maximum absolute atomic E-state index is 12.0. The van der Waals surface area contributed by atoms with Crippen molar-refractivity contribution in [2.24, 2.45) is 11.8 Å². The van der Waals surface area contributed by atoms with Gasteiger partial charge in [-0.25, -0.2) is 0 Å². The fourth-order valence-electron chi connectivity index (χ4n) is 2.62. The number of nitrogens with one attached hydrogen (secondary N) is 1. The SMILES string of the molecule is Cc1ccccc1OCC(=O)NC(C1CC1)C1CC1. The van der Waals surface area contributed by atoms with E-state index in [1.54, 1.807) is 0 Å². The Bertz CT molecular complexity index is 452. The van der Waals surface area contributed by atoms with Crippen LogP contribution in [0.1, 0.15) is 31.2 Å². The van der Waals surface area contributed by atoms with Crippen LogP contribution >= 0.6 is 0 Å². The van der Waals surface area contributed by atoms with Gasteiger partial charge in [0, 0.05) is 6.04 Å². The van der Waals surface area contributed by atoms with Crippen LogP contribution in [-0.4, -0.2) is 18.6 Å². The van der Waals surface area contributed by atoms with Crippen LogP contribution in [0, 0.1) is 18.8 Å². The first-order valence-electron chi connectivity index (χ1n) is 7.22. The van der Waals surface area contributed by atoms with Crippen molar-refractivity contribution in [3.8, 4) is 5.75 Å². The molecule has 19 heavy (non-hydrogen) atoms. The fraction of sp³-hybridized carbons (Fsp3) is 0.562. The third-order valence-corrected chi connectivity index (χ3v) is 4.04. The molecule has 3 heteroatoms. The van der Waals surface area contributed by atoms with Crippen LogP contribution in [0.2, 0.25) is 0 Å². The highest BCUT2D eigenvalue weighted by atomic mass is 16.5. The van der Waals surface area contributed by atoms with Crippen molar-refractivity contribution in [2.75, 3.05) is 6.61 Å². The molecule has 0 aromatic heterocycles. The number of hydrogen-bond acceptors (Lipinski definition) is 2. The van der Waals surface area contributed by atoms with Gasteiger partial charge in [-0.15, -0.1) is 0 Å². The number of hydrogen-bond donors (Lipinski definition) is 1. The van der Waals surface area contributed by atoms with E-state index in [0.717, 1.165) is 23.1 Å². The molecule has 2 aliphatic rings. The minimum atomic E-state index is 0.0204. The summed E-state index contributed by atoms with van der Waals surface area (Å²) in [5, 5.41) is 3.17. The number of rotatable bonds is 6. The number of benzene rings is 1. The van der Waals surface area contributed by atoms with E-state index in [4.69, 9.17) is 4.74 Å². The van der Waals surface area contributed by atoms with Gasteiger partial charge in [0.15, 0.2) is 6.61 Å². The summed E-state index contributed by atoms with van der Waals surface area (Å²) in [6, 6.07) is 8.20. The minimum Gasteiger partial charge on any atom is -0.484 e. The first-order chi connectivity index (χ1) is 9.24. The van der Waals surface area contributed by atoms with E-state index >= 15 is 0 Å². The lowest BCUT2D eigenvalue weighted by Crippen LogP contribution is -2.40. The second kappa shape index (κ2) is 5.24. The van der Waals surface area contributed by atoms with Crippen LogP contribution < -0.4 is 10.1 Å². The number of carbonyl (C=O) groups is 1. The third-order valence-electron chi connectivity index (χ3n) is 4.04. The number of para-hydroxylation sites is 1. The Morgan fingerprint density at radius 3 is 2.47 bits per heavy atom. The Hall–Kier alpha value is -1.51. The fourth-order valence-corrected chi connectivity index (χ4v) is 2.62. The topological polar surface area (TPSA) is 38.3 Å². The number of aryl methyl sites for hydroxylation is 1. The zero-order valence-corrected chi connectivity index (χ0v) is 11.4. The van der Waals surface area contributed by atoms with Gasteiger partial charge in [-0.3, -0.25) is 4.79 Å². The molecule has 1 amide bonds. The molecule has 0 spiro atoms. The van der Waals surface area contributed by atoms with Crippen molar-refractivity contribution in [3.63, 3.8) is 0 Å². The molecule has 2 aliphatic carbocycles. The normalized spacial score (nSPS) is 18.4. The molecule has 1 aromatic rings. The van der Waals surface area contributed by atoms with Gasteiger partial charge in [0.05, 0.1) is 0 Å². The molecule has 0 bridgehead atoms. The van der Waals surface area contributed by atoms with E-state index in [0.29, 0.717) is 6.04 Å². The minimum absolute atomic E-state index is 0.0204. The lowest BCUT2D eigenvalue weighted by Gasteiger charge is -2.18. The van der Waals surface area contributed by atoms with Gasteiger partial charge in [-0.1, -0.05) is 18.2 Å². The van der Waals surface area contributed by atoms with Crippen LogP contribution in [0.15, 0.2) is 24.3 Å². The van der Waals surface area contributed by atoms with E-state index in [1.807, 2.05) is 31.2 Å². The third kappa shape index (κ3) is 3.28. The highest BCUT2D eigenvalue weighted by molar-refractivity contribution is 5.78. The number of carbonyl (C=O) groups excluding carboxylic acids is 1. The second-order valence-corrected chi connectivity index (χ2v) is 5.82. The monoisotopic (exact) mass is 259 g/mol. The Kier molecular flexibility index (Phi) is 3.45. The van der Waals surface area contributed by atoms with Gasteiger partial charge in [0.1, 0.15) is 5.75 Å². The molecule has 0 aliphatic heterocycles. The molecular weight excluding hydrogens is 238 g/mol. The van der Waals surface area contributed by atoms with E-state index in [2.05, 4.69) is 5.32 Å². The standard InChI is InChI=1S/C16H21NO2/c1-11-4-2-3-5-14(11)19-10-15(18)17-16(12-6-7-12)13-8-9-13/h2-5,12-13,16H,6-10H2,1H3,(H,17,18). The predicted octanol–water partition coefficient (Wildman–Crippen LogP) is 2.68. The molecule has 0 atom stereocenters. The van der Waals surface area contributed by atoms with Crippen molar-refractivity contribution in [1.29, 1.82) is 0 Å². The summed E-state index contributed by atoms with van der Waals surface area (Å²) in [5.74, 6) is 2.28. The average Bonchev–Trinajstić information content (AvgIpc) is 3.28. The Morgan fingerprint density at radius 2 is 1.89 bits per heavy atom. The number of amides is 1. The first kappa shape index (κ1) is 12.5. The summed E-state index contributed by atoms with van der Waals surface area (Å²) in [6.45, 7) is 2.12. The van der Waals surface area contributed by atoms with Gasteiger partial charge in [-0.05, 0) is 56.1 Å². The first-order valence-corrected chi connectivity index (χ1v) is 7.22. The van der Waals surface area contributed by atoms with E-state index in [1.165, 1.54) is 25.7 Å². The van der Waals surface area contributed by atoms with Crippen LogP contribution in [0.4, 0.5) is 0 Å². The highest BCUT2D eigenvalue weighted by Gasteiger charge is 2.42. The second-order valence-electron chi connectivity index (χ2n) is 5.82. The summed E-state index contributed by atoms with van der Waals surface area (Å²) in [7, 11) is 0. The predicted molar refractivity (Wildman–Crippen MR) is 74.1 cm³/mol. The number of ether oxygens (including phenoxy) is 1. The smallest absolute Gasteiger partial charge is 0.258 e. The summed E-state index contributed by atoms with van der Waals surface area (Å²) in [6.07, 6.45) is 5.11. The Balaban J connectivity index is 1.49. The molecule has 2 saturated carbocycles. The van der Waals surface area contributed by atoms with Gasteiger partial charge in [-0.2, -0.15) is 0 Å². The maximum atomic E-state index is 12.0. The summed E-state index contributed by atoms with van der Waals surface area (Å²) < 4.78 is 5.59. The van der Waals surface area contributed by atoms with E-state index in [-0.39, 0.29) is 12.5 Å². The van der Waals surface area contributed by atoms with E-state index < -0.39 is 0 Å². The van der Waals surface area contributed by atoms with Crippen LogP contribution in [0.25, 0.3) is 0 Å². The Labute approximate surface area is 114 Å². The van der Waals surface area contributed by atoms with Crippen LogP contribution in [0.3, 0.4) is 0 Å². The molecule has 0 saturated heterocycles. The molecule has 3 rings (SSSR count). The van der Waals surface area contributed by atoms with Crippen molar-refractivity contribution < 1.29 is 9.53 Å². The molecule has 1 N–H and O–H groups in total. The van der Waals surface area contributed by atoms with Crippen molar-refractivity contribution >= 4 is 5.91 Å². The van der Waals surface area contributed by atoms with Crippen molar-refractivity contribution in [1.82, 2.24) is 5.32 Å². The highest BCUT2D eigenvalue weighted by Crippen LogP contribution is 2.44. The zero-order chi connectivity index (χ0) is 13.2. The summed E-state index contributed by atoms with van der Waals surface area (Å²) >= 11 is 0. The molecule has 1 aromatic carbocycles. The van der Waals surface area contributed by atoms with Gasteiger partial charge in [0.25, 0.3) is 5.91 Å². The average molecular weight is 259 g/mol. The summed E-state index contributed by atoms with van der Waals surface area (Å²) in [5.41, 5.74) is 1.07. The van der Waals surface area contributed by atoms with Gasteiger partial charge < -0.3 is 10.1 Å². The molecular formula is C16H21NO2. The molecule has 2 fully saturated rings. The lowest BCUT2D eigenvalue weighted by atomic mass is 10.1. The van der Waals surface area contributed by atoms with Crippen molar-refractivity contribution in [3.05, 3.63) is 29.8 Å². The molecule has 0 unspecified atom stereocenters. The van der Waals surface area contributed by atoms with Crippen molar-refractivity contribution in [2.45, 2.75) is 38.6 Å².